The van der Waals surface area contributed by atoms with Gasteiger partial charge < -0.3 is 14.2 Å². The zero-order valence-corrected chi connectivity index (χ0v) is 48.1. The topological polar surface area (TPSA) is 78.9 Å². The van der Waals surface area contributed by atoms with Gasteiger partial charge in [-0.2, -0.15) is 0 Å². The highest BCUT2D eigenvalue weighted by Gasteiger charge is 2.19. The number of hydrogen-bond acceptors (Lipinski definition) is 6. The number of unbranched alkanes of at least 4 members (excludes halogenated alkanes) is 23. The number of rotatable bonds is 54. The van der Waals surface area contributed by atoms with Gasteiger partial charge in [0.05, 0.1) is 0 Å². The summed E-state index contributed by atoms with van der Waals surface area (Å²) in [4.78, 5) is 38.2. The van der Waals surface area contributed by atoms with Gasteiger partial charge in [-0.25, -0.2) is 0 Å². The van der Waals surface area contributed by atoms with Crippen LogP contribution in [0.15, 0.2) is 122 Å². The van der Waals surface area contributed by atoms with Crippen LogP contribution >= 0.6 is 0 Å². The number of esters is 3. The zero-order chi connectivity index (χ0) is 53.6. The highest BCUT2D eigenvalue weighted by atomic mass is 16.6. The van der Waals surface area contributed by atoms with Crippen molar-refractivity contribution in [2.75, 3.05) is 13.2 Å². The molecule has 0 N–H and O–H groups in total. The van der Waals surface area contributed by atoms with Crippen LogP contribution in [0.25, 0.3) is 0 Å². The van der Waals surface area contributed by atoms with Crippen molar-refractivity contribution >= 4 is 17.9 Å². The molecule has 0 fully saturated rings. The standard InChI is InChI=1S/C68H112O6/c1-4-7-10-13-16-19-22-25-28-30-31-32-33-34-35-36-37-38-41-43-46-49-52-55-58-61-67(70)73-64-65(63-72-66(69)60-57-54-51-48-45-42-39-27-24-21-18-15-12-9-6-3)74-68(71)62-59-56-53-50-47-44-40-29-26-23-20-17-14-11-8-5-2/h7,10,16,18-21,23,25,27-29,31-32,34-35,37-40,65H,4-6,8-9,11-15,17,22,24,26,30,33,36,41-64H2,1-3H3/b10-7-,19-16-,21-18-,23-20-,28-25-,32-31-,35-34-,38-37-,39-27-,40-29-. The molecule has 0 aliphatic carbocycles. The third kappa shape index (κ3) is 58.7. The Bertz CT molecular complexity index is 1550. The average Bonchev–Trinajstić information content (AvgIpc) is 3.40. The number of ether oxygens (including phenoxy) is 3. The third-order valence-electron chi connectivity index (χ3n) is 12.7. The van der Waals surface area contributed by atoms with Gasteiger partial charge in [0.1, 0.15) is 13.2 Å². The van der Waals surface area contributed by atoms with E-state index in [1.807, 2.05) is 0 Å². The van der Waals surface area contributed by atoms with Crippen LogP contribution in [0.2, 0.25) is 0 Å². The molecule has 1 atom stereocenters. The van der Waals surface area contributed by atoms with Gasteiger partial charge in [0.15, 0.2) is 6.10 Å². The lowest BCUT2D eigenvalue weighted by molar-refractivity contribution is -0.167. The molecule has 0 spiro atoms. The van der Waals surface area contributed by atoms with Crippen LogP contribution in [0, 0.1) is 0 Å². The second-order valence-electron chi connectivity index (χ2n) is 19.9. The van der Waals surface area contributed by atoms with Crippen LogP contribution in [-0.2, 0) is 28.6 Å². The van der Waals surface area contributed by atoms with E-state index in [9.17, 15) is 14.4 Å². The zero-order valence-electron chi connectivity index (χ0n) is 48.1. The minimum atomic E-state index is -0.802. The van der Waals surface area contributed by atoms with Crippen LogP contribution in [0.4, 0.5) is 0 Å². The number of carbonyl (C=O) groups excluding carboxylic acids is 3. The van der Waals surface area contributed by atoms with E-state index >= 15 is 0 Å². The summed E-state index contributed by atoms with van der Waals surface area (Å²) < 4.78 is 16.9. The van der Waals surface area contributed by atoms with Gasteiger partial charge in [-0.1, -0.05) is 239 Å². The Morgan fingerprint density at radius 1 is 0.284 bits per heavy atom. The van der Waals surface area contributed by atoms with Crippen molar-refractivity contribution in [1.82, 2.24) is 0 Å². The Hall–Kier alpha value is -4.19. The lowest BCUT2D eigenvalue weighted by Gasteiger charge is -2.18. The molecule has 0 rings (SSSR count). The first-order valence-electron chi connectivity index (χ1n) is 30.5. The molecule has 0 amide bonds. The fourth-order valence-corrected chi connectivity index (χ4v) is 8.09. The van der Waals surface area contributed by atoms with Gasteiger partial charge in [0.2, 0.25) is 0 Å². The molecule has 0 radical (unpaired) electrons. The van der Waals surface area contributed by atoms with Crippen molar-refractivity contribution in [3.8, 4) is 0 Å². The van der Waals surface area contributed by atoms with Crippen LogP contribution in [-0.4, -0.2) is 37.2 Å². The van der Waals surface area contributed by atoms with Crippen molar-refractivity contribution in [2.45, 2.75) is 277 Å². The highest BCUT2D eigenvalue weighted by Crippen LogP contribution is 2.14. The van der Waals surface area contributed by atoms with E-state index in [0.717, 1.165) is 161 Å². The van der Waals surface area contributed by atoms with Crippen molar-refractivity contribution in [3.05, 3.63) is 122 Å². The number of allylic oxidation sites excluding steroid dienone is 20. The van der Waals surface area contributed by atoms with Crippen molar-refractivity contribution < 1.29 is 28.6 Å². The molecular weight excluding hydrogens is 913 g/mol. The predicted octanol–water partition coefficient (Wildman–Crippen LogP) is 20.8. The Morgan fingerprint density at radius 2 is 0.527 bits per heavy atom. The van der Waals surface area contributed by atoms with Gasteiger partial charge in [0, 0.05) is 19.3 Å². The first-order chi connectivity index (χ1) is 36.5. The van der Waals surface area contributed by atoms with Crippen molar-refractivity contribution in [1.29, 1.82) is 0 Å². The Labute approximate surface area is 456 Å². The third-order valence-corrected chi connectivity index (χ3v) is 12.7. The van der Waals surface area contributed by atoms with E-state index in [1.165, 1.54) is 70.6 Å². The largest absolute Gasteiger partial charge is 0.462 e. The Morgan fingerprint density at radius 3 is 0.851 bits per heavy atom. The summed E-state index contributed by atoms with van der Waals surface area (Å²) >= 11 is 0. The molecular formula is C68H112O6. The molecule has 0 aliphatic rings. The molecule has 0 aliphatic heterocycles. The minimum Gasteiger partial charge on any atom is -0.462 e. The second-order valence-corrected chi connectivity index (χ2v) is 19.9. The maximum atomic E-state index is 12.9. The predicted molar refractivity (Wildman–Crippen MR) is 320 cm³/mol. The van der Waals surface area contributed by atoms with E-state index < -0.39 is 6.10 Å². The lowest BCUT2D eigenvalue weighted by atomic mass is 10.1. The van der Waals surface area contributed by atoms with E-state index in [-0.39, 0.29) is 31.1 Å². The van der Waals surface area contributed by atoms with Crippen molar-refractivity contribution in [2.24, 2.45) is 0 Å². The monoisotopic (exact) mass is 1020 g/mol. The summed E-state index contributed by atoms with van der Waals surface area (Å²) in [6.07, 6.45) is 84.7. The highest BCUT2D eigenvalue weighted by molar-refractivity contribution is 5.71. The lowest BCUT2D eigenvalue weighted by Crippen LogP contribution is -2.30. The summed E-state index contributed by atoms with van der Waals surface area (Å²) in [5.41, 5.74) is 0. The van der Waals surface area contributed by atoms with Gasteiger partial charge >= 0.3 is 17.9 Å². The van der Waals surface area contributed by atoms with Crippen LogP contribution in [0.3, 0.4) is 0 Å². The smallest absolute Gasteiger partial charge is 0.306 e. The fourth-order valence-electron chi connectivity index (χ4n) is 8.09. The molecule has 1 unspecified atom stereocenters. The van der Waals surface area contributed by atoms with E-state index in [1.54, 1.807) is 0 Å². The molecule has 0 aromatic heterocycles. The first-order valence-corrected chi connectivity index (χ1v) is 30.5. The summed E-state index contributed by atoms with van der Waals surface area (Å²) in [5, 5.41) is 0. The average molecular weight is 1030 g/mol. The normalized spacial score (nSPS) is 13.0. The van der Waals surface area contributed by atoms with Crippen LogP contribution < -0.4 is 0 Å². The molecule has 6 heteroatoms. The van der Waals surface area contributed by atoms with Gasteiger partial charge in [-0.05, 0) is 135 Å². The first kappa shape index (κ1) is 69.8. The summed E-state index contributed by atoms with van der Waals surface area (Å²) in [5.74, 6) is -0.938. The maximum Gasteiger partial charge on any atom is 0.306 e. The number of hydrogen-bond donors (Lipinski definition) is 0. The van der Waals surface area contributed by atoms with Crippen molar-refractivity contribution in [3.63, 3.8) is 0 Å². The molecule has 0 heterocycles. The quantitative estimate of drug-likeness (QED) is 0.0261. The molecule has 0 aromatic rings. The summed E-state index contributed by atoms with van der Waals surface area (Å²) in [6.45, 7) is 6.45. The van der Waals surface area contributed by atoms with Crippen LogP contribution in [0.5, 0.6) is 0 Å². The SMILES string of the molecule is CC/C=C\C/C=C\C/C=C\C/C=C\C/C=C\C/C=C\CCCCCCCCC(=O)OCC(COC(=O)CCCCCCC/C=C\C/C=C\CCCCC)OC(=O)CCCCCCC/C=C\C/C=C\CCCCCC. The molecule has 0 bridgehead atoms. The Balaban J connectivity index is 4.43. The minimum absolute atomic E-state index is 0.0983. The van der Waals surface area contributed by atoms with Gasteiger partial charge in [0.25, 0.3) is 0 Å². The molecule has 74 heavy (non-hydrogen) atoms. The fraction of sp³-hybridized carbons (Fsp3) is 0.662. The summed E-state index contributed by atoms with van der Waals surface area (Å²) in [7, 11) is 0. The van der Waals surface area contributed by atoms with E-state index in [4.69, 9.17) is 14.2 Å². The van der Waals surface area contributed by atoms with Crippen LogP contribution in [0.1, 0.15) is 271 Å². The van der Waals surface area contributed by atoms with Gasteiger partial charge in [-0.15, -0.1) is 0 Å². The maximum absolute atomic E-state index is 12.9. The number of carbonyl (C=O) groups is 3. The van der Waals surface area contributed by atoms with E-state index in [0.29, 0.717) is 19.3 Å². The molecule has 6 nitrogen and oxygen atoms in total. The van der Waals surface area contributed by atoms with E-state index in [2.05, 4.69) is 142 Å². The molecule has 0 aromatic carbocycles. The van der Waals surface area contributed by atoms with Gasteiger partial charge in [-0.3, -0.25) is 14.4 Å². The molecule has 0 saturated heterocycles. The molecule has 420 valence electrons. The Kier molecular flexibility index (Phi) is 57.9. The molecule has 0 saturated carbocycles. The second kappa shape index (κ2) is 61.4. The summed E-state index contributed by atoms with van der Waals surface area (Å²) in [6, 6.07) is 0.